The van der Waals surface area contributed by atoms with E-state index in [1.165, 1.54) is 32.1 Å². The largest absolute Gasteiger partial charge is 0.378 e. The molecule has 0 saturated carbocycles. The van der Waals surface area contributed by atoms with Gasteiger partial charge in [0, 0.05) is 6.61 Å². The van der Waals surface area contributed by atoms with Gasteiger partial charge in [-0.05, 0) is 57.8 Å². The molecule has 1 nitrogen and oxygen atoms in total. The van der Waals surface area contributed by atoms with Crippen molar-refractivity contribution in [2.24, 2.45) is 11.8 Å². The monoisotopic (exact) mass is 224 g/mol. The molecule has 1 saturated heterocycles. The van der Waals surface area contributed by atoms with E-state index in [0.717, 1.165) is 18.4 Å². The summed E-state index contributed by atoms with van der Waals surface area (Å²) in [5, 5.41) is 0. The molecule has 0 aromatic heterocycles. The maximum atomic E-state index is 5.39. The first-order valence-corrected chi connectivity index (χ1v) is 6.85. The summed E-state index contributed by atoms with van der Waals surface area (Å²) in [7, 11) is 0. The van der Waals surface area contributed by atoms with Gasteiger partial charge in [0.05, 0.1) is 6.10 Å². The van der Waals surface area contributed by atoms with Crippen molar-refractivity contribution in [3.8, 4) is 0 Å². The molecule has 94 valence electrons. The minimum absolute atomic E-state index is 0.520. The highest BCUT2D eigenvalue weighted by molar-refractivity contribution is 5.01. The zero-order chi connectivity index (χ0) is 12.0. The van der Waals surface area contributed by atoms with E-state index in [4.69, 9.17) is 4.74 Å². The van der Waals surface area contributed by atoms with Crippen LogP contribution in [-0.2, 0) is 4.74 Å². The lowest BCUT2D eigenvalue weighted by atomic mass is 9.92. The molecule has 2 aliphatic rings. The molecule has 0 amide bonds. The average molecular weight is 224 g/mol. The van der Waals surface area contributed by atoms with Crippen molar-refractivity contribution in [2.75, 3.05) is 6.61 Å². The van der Waals surface area contributed by atoms with E-state index in [9.17, 15) is 0 Å². The van der Waals surface area contributed by atoms with Gasteiger partial charge >= 0.3 is 0 Å². The van der Waals surface area contributed by atoms with E-state index in [-0.39, 0.29) is 0 Å². The van der Waals surface area contributed by atoms with Gasteiger partial charge in [-0.25, -0.2) is 0 Å². The zero-order valence-corrected chi connectivity index (χ0v) is 11.5. The Morgan fingerprint density at radius 2 is 1.81 bits per heavy atom. The summed E-state index contributed by atoms with van der Waals surface area (Å²) in [6, 6.07) is 0. The first-order valence-electron chi connectivity index (χ1n) is 6.85. The highest BCUT2D eigenvalue weighted by Gasteiger charge is 2.13. The maximum Gasteiger partial charge on any atom is 0.0547 e. The first-order chi connectivity index (χ1) is 7.58. The Labute approximate surface area is 101 Å². The minimum atomic E-state index is 0.520. The average Bonchev–Trinajstić information content (AvgIpc) is 2.28. The van der Waals surface area contributed by atoms with E-state index in [2.05, 4.69) is 33.8 Å². The third-order valence-electron chi connectivity index (χ3n) is 3.63. The molecule has 3 unspecified atom stereocenters. The van der Waals surface area contributed by atoms with Crippen LogP contribution < -0.4 is 0 Å². The molecule has 1 fully saturated rings. The van der Waals surface area contributed by atoms with Crippen molar-refractivity contribution in [1.29, 1.82) is 0 Å². The van der Waals surface area contributed by atoms with Crippen LogP contribution in [0, 0.1) is 11.8 Å². The lowest BCUT2D eigenvalue weighted by Crippen LogP contribution is -2.21. The van der Waals surface area contributed by atoms with Gasteiger partial charge in [-0.3, -0.25) is 0 Å². The Kier molecular flexibility index (Phi) is 6.12. The Bertz CT molecular complexity index is 201. The molecule has 1 heteroatoms. The standard InChI is InChI=1S/C8H14.C7H14O/c1-7-3-5-8(2)6-4-7;1-6-3-4-7(2)8-5-6/h3,8H,4-6H2,1-2H3;6-7H,3-5H2,1-2H3. The minimum Gasteiger partial charge on any atom is -0.378 e. The topological polar surface area (TPSA) is 9.23 Å². The third kappa shape index (κ3) is 5.69. The number of hydrogen-bond donors (Lipinski definition) is 0. The van der Waals surface area contributed by atoms with E-state index >= 15 is 0 Å². The van der Waals surface area contributed by atoms with Gasteiger partial charge in [0.2, 0.25) is 0 Å². The smallest absolute Gasteiger partial charge is 0.0547 e. The van der Waals surface area contributed by atoms with E-state index < -0.39 is 0 Å². The van der Waals surface area contributed by atoms with Gasteiger partial charge in [0.1, 0.15) is 0 Å². The van der Waals surface area contributed by atoms with Crippen molar-refractivity contribution in [3.63, 3.8) is 0 Å². The Hall–Kier alpha value is -0.300. The summed E-state index contributed by atoms with van der Waals surface area (Å²) in [6.07, 6.45) is 9.54. The van der Waals surface area contributed by atoms with E-state index in [1.54, 1.807) is 5.57 Å². The van der Waals surface area contributed by atoms with Crippen molar-refractivity contribution in [2.45, 2.75) is 65.9 Å². The van der Waals surface area contributed by atoms with Crippen molar-refractivity contribution in [3.05, 3.63) is 11.6 Å². The normalized spacial score (nSPS) is 34.8. The molecule has 1 heterocycles. The van der Waals surface area contributed by atoms with Gasteiger partial charge in [-0.2, -0.15) is 0 Å². The number of allylic oxidation sites excluding steroid dienone is 2. The second-order valence-corrected chi connectivity index (χ2v) is 5.76. The van der Waals surface area contributed by atoms with Crippen LogP contribution in [-0.4, -0.2) is 12.7 Å². The highest BCUT2D eigenvalue weighted by Crippen LogP contribution is 2.21. The van der Waals surface area contributed by atoms with Crippen LogP contribution in [0.2, 0.25) is 0 Å². The fourth-order valence-electron chi connectivity index (χ4n) is 2.11. The molecule has 0 radical (unpaired) electrons. The number of ether oxygens (including phenoxy) is 1. The van der Waals surface area contributed by atoms with Crippen molar-refractivity contribution in [1.82, 2.24) is 0 Å². The molecule has 3 atom stereocenters. The highest BCUT2D eigenvalue weighted by atomic mass is 16.5. The van der Waals surface area contributed by atoms with Crippen LogP contribution in [0.5, 0.6) is 0 Å². The van der Waals surface area contributed by atoms with Crippen LogP contribution in [0.4, 0.5) is 0 Å². The second-order valence-electron chi connectivity index (χ2n) is 5.76. The number of rotatable bonds is 0. The van der Waals surface area contributed by atoms with Gasteiger partial charge in [0.15, 0.2) is 0 Å². The molecule has 2 rings (SSSR count). The molecule has 0 bridgehead atoms. The molecule has 16 heavy (non-hydrogen) atoms. The molecular weight excluding hydrogens is 196 g/mol. The van der Waals surface area contributed by atoms with Crippen molar-refractivity contribution < 1.29 is 4.74 Å². The molecule has 1 aliphatic heterocycles. The Morgan fingerprint density at radius 3 is 2.19 bits per heavy atom. The van der Waals surface area contributed by atoms with Gasteiger partial charge < -0.3 is 4.74 Å². The molecular formula is C15H28O. The SMILES string of the molecule is CC1=CCC(C)CC1.CC1CCC(C)OC1. The zero-order valence-electron chi connectivity index (χ0n) is 11.5. The fourth-order valence-corrected chi connectivity index (χ4v) is 2.11. The summed E-state index contributed by atoms with van der Waals surface area (Å²) in [4.78, 5) is 0. The Morgan fingerprint density at radius 1 is 1.06 bits per heavy atom. The Balaban J connectivity index is 0.000000160. The molecule has 0 aromatic carbocycles. The first kappa shape index (κ1) is 13.8. The molecule has 0 aromatic rings. The molecule has 1 aliphatic carbocycles. The lowest BCUT2D eigenvalue weighted by molar-refractivity contribution is 0.000267. The van der Waals surface area contributed by atoms with Gasteiger partial charge in [0.25, 0.3) is 0 Å². The third-order valence-corrected chi connectivity index (χ3v) is 3.63. The predicted molar refractivity (Wildman–Crippen MR) is 70.6 cm³/mol. The van der Waals surface area contributed by atoms with Gasteiger partial charge in [-0.15, -0.1) is 0 Å². The predicted octanol–water partition coefficient (Wildman–Crippen LogP) is 4.57. The number of hydrogen-bond acceptors (Lipinski definition) is 1. The lowest BCUT2D eigenvalue weighted by Gasteiger charge is -2.23. The van der Waals surface area contributed by atoms with Crippen LogP contribution in [0.15, 0.2) is 11.6 Å². The fraction of sp³-hybridized carbons (Fsp3) is 0.867. The summed E-state index contributed by atoms with van der Waals surface area (Å²) in [5.41, 5.74) is 1.59. The van der Waals surface area contributed by atoms with Crippen LogP contribution >= 0.6 is 0 Å². The summed E-state index contributed by atoms with van der Waals surface area (Å²) in [5.74, 6) is 1.74. The van der Waals surface area contributed by atoms with E-state index in [1.807, 2.05) is 0 Å². The molecule has 0 N–H and O–H groups in total. The van der Waals surface area contributed by atoms with E-state index in [0.29, 0.717) is 6.10 Å². The quantitative estimate of drug-likeness (QED) is 0.547. The summed E-state index contributed by atoms with van der Waals surface area (Å²) >= 11 is 0. The van der Waals surface area contributed by atoms with Crippen LogP contribution in [0.25, 0.3) is 0 Å². The van der Waals surface area contributed by atoms with Gasteiger partial charge in [-0.1, -0.05) is 25.5 Å². The summed E-state index contributed by atoms with van der Waals surface area (Å²) < 4.78 is 5.39. The molecule has 0 spiro atoms. The van der Waals surface area contributed by atoms with Crippen LogP contribution in [0.3, 0.4) is 0 Å². The van der Waals surface area contributed by atoms with Crippen LogP contribution in [0.1, 0.15) is 59.8 Å². The second kappa shape index (κ2) is 7.11. The van der Waals surface area contributed by atoms with Crippen molar-refractivity contribution >= 4 is 0 Å². The maximum absolute atomic E-state index is 5.39. The summed E-state index contributed by atoms with van der Waals surface area (Å²) in [6.45, 7) is 9.91.